The maximum absolute atomic E-state index is 5.50. The SMILES string of the molecule is C.NCc1ccc2[nH]ccc2c1.S=C=S. The molecule has 0 saturated carbocycles. The molecule has 0 aliphatic heterocycles. The number of fused-ring (bicyclic) bond motifs is 1. The van der Waals surface area contributed by atoms with Crippen LogP contribution in [-0.4, -0.2) is 9.30 Å². The van der Waals surface area contributed by atoms with E-state index in [9.17, 15) is 0 Å². The van der Waals surface area contributed by atoms with E-state index in [0.717, 1.165) is 0 Å². The lowest BCUT2D eigenvalue weighted by molar-refractivity contribution is 1.08. The number of H-pyrrole nitrogens is 1. The van der Waals surface area contributed by atoms with Crippen LogP contribution in [-0.2, 0) is 6.54 Å². The number of aromatic nitrogens is 1. The molecule has 1 aromatic heterocycles. The van der Waals surface area contributed by atoms with Crippen LogP contribution in [0, 0.1) is 0 Å². The summed E-state index contributed by atoms with van der Waals surface area (Å²) >= 11 is 7.92. The van der Waals surface area contributed by atoms with Crippen LogP contribution in [0.3, 0.4) is 0 Å². The largest absolute Gasteiger partial charge is 0.361 e. The predicted molar refractivity (Wildman–Crippen MR) is 73.1 cm³/mol. The van der Waals surface area contributed by atoms with E-state index in [4.69, 9.17) is 5.73 Å². The van der Waals surface area contributed by atoms with Gasteiger partial charge in [0.1, 0.15) is 0 Å². The summed E-state index contributed by atoms with van der Waals surface area (Å²) in [4.78, 5) is 3.13. The molecule has 2 rings (SSSR count). The third-order valence-electron chi connectivity index (χ3n) is 1.85. The van der Waals surface area contributed by atoms with Crippen molar-refractivity contribution in [3.05, 3.63) is 36.0 Å². The molecule has 0 spiro atoms. The van der Waals surface area contributed by atoms with Gasteiger partial charge in [-0.05, 0) is 53.6 Å². The van der Waals surface area contributed by atoms with Crippen LogP contribution in [0.2, 0.25) is 0 Å². The zero-order valence-electron chi connectivity index (χ0n) is 7.49. The van der Waals surface area contributed by atoms with E-state index in [1.807, 2.05) is 16.6 Å². The number of hydrogen-bond acceptors (Lipinski definition) is 3. The van der Waals surface area contributed by atoms with Gasteiger partial charge in [0.25, 0.3) is 0 Å². The summed E-state index contributed by atoms with van der Waals surface area (Å²) in [6.07, 6.45) is 1.94. The van der Waals surface area contributed by atoms with Gasteiger partial charge < -0.3 is 10.7 Å². The molecule has 15 heavy (non-hydrogen) atoms. The average Bonchev–Trinajstić information content (AvgIpc) is 2.65. The molecule has 0 amide bonds. The molecule has 1 heterocycles. The topological polar surface area (TPSA) is 41.8 Å². The summed E-state index contributed by atoms with van der Waals surface area (Å²) in [7, 11) is 0. The van der Waals surface area contributed by atoms with E-state index in [-0.39, 0.29) is 7.43 Å². The number of aromatic amines is 1. The van der Waals surface area contributed by atoms with Crippen molar-refractivity contribution in [1.29, 1.82) is 0 Å². The first-order chi connectivity index (χ1) is 6.81. The zero-order chi connectivity index (χ0) is 10.4. The number of thiocarbonyl (C=S) groups is 2. The Hall–Kier alpha value is -1.06. The maximum Gasteiger partial charge on any atom is 0.0454 e. The monoisotopic (exact) mass is 238 g/mol. The van der Waals surface area contributed by atoms with Gasteiger partial charge in [-0.1, -0.05) is 13.5 Å². The lowest BCUT2D eigenvalue weighted by Gasteiger charge is -1.94. The molecule has 0 fully saturated rings. The number of nitrogens with one attached hydrogen (secondary N) is 1. The second kappa shape index (κ2) is 7.26. The highest BCUT2D eigenvalue weighted by molar-refractivity contribution is 7.93. The quantitative estimate of drug-likeness (QED) is 0.749. The zero-order valence-corrected chi connectivity index (χ0v) is 9.12. The van der Waals surface area contributed by atoms with E-state index < -0.39 is 0 Å². The molecule has 0 aliphatic rings. The molecule has 3 N–H and O–H groups in total. The molecule has 2 aromatic rings. The molecule has 0 radical (unpaired) electrons. The standard InChI is InChI=1S/C9H10N2.CS2.CH4/c10-6-7-1-2-9-8(5-7)3-4-11-9;2-1-3;/h1-5,11H,6,10H2;;1H4. The van der Waals surface area contributed by atoms with Gasteiger partial charge >= 0.3 is 0 Å². The van der Waals surface area contributed by atoms with Gasteiger partial charge in [-0.25, -0.2) is 0 Å². The van der Waals surface area contributed by atoms with Crippen LogP contribution in [0.4, 0.5) is 0 Å². The first-order valence-corrected chi connectivity index (χ1v) is 4.89. The minimum absolute atomic E-state index is 0. The van der Waals surface area contributed by atoms with Crippen molar-refractivity contribution in [2.45, 2.75) is 14.0 Å². The van der Waals surface area contributed by atoms with Crippen molar-refractivity contribution in [2.24, 2.45) is 5.73 Å². The van der Waals surface area contributed by atoms with E-state index in [1.54, 1.807) is 0 Å². The molecule has 0 bridgehead atoms. The van der Waals surface area contributed by atoms with Gasteiger partial charge in [0.15, 0.2) is 0 Å². The van der Waals surface area contributed by atoms with Crippen LogP contribution >= 0.6 is 24.4 Å². The molecule has 0 unspecified atom stereocenters. The van der Waals surface area contributed by atoms with Crippen molar-refractivity contribution in [3.63, 3.8) is 0 Å². The highest BCUT2D eigenvalue weighted by Crippen LogP contribution is 2.13. The Balaban J connectivity index is 0.000000443. The Bertz CT molecular complexity index is 443. The number of rotatable bonds is 1. The summed E-state index contributed by atoms with van der Waals surface area (Å²) in [5, 5.41) is 1.23. The van der Waals surface area contributed by atoms with E-state index >= 15 is 0 Å². The predicted octanol–water partition coefficient (Wildman–Crippen LogP) is 3.28. The molecule has 2 nitrogen and oxygen atoms in total. The minimum atomic E-state index is 0. The third-order valence-corrected chi connectivity index (χ3v) is 1.85. The number of nitrogens with two attached hydrogens (primary N) is 1. The smallest absolute Gasteiger partial charge is 0.0454 e. The first-order valence-electron chi connectivity index (χ1n) is 4.07. The van der Waals surface area contributed by atoms with Crippen molar-refractivity contribution >= 4 is 39.7 Å². The summed E-state index contributed by atoms with van der Waals surface area (Å²) in [6.45, 7) is 0.612. The highest BCUT2D eigenvalue weighted by atomic mass is 32.1. The molecule has 1 aromatic carbocycles. The Morgan fingerprint density at radius 3 is 2.53 bits per heavy atom. The molecular weight excluding hydrogens is 224 g/mol. The van der Waals surface area contributed by atoms with Crippen molar-refractivity contribution < 1.29 is 0 Å². The van der Waals surface area contributed by atoms with E-state index in [2.05, 4.69) is 47.6 Å². The average molecular weight is 238 g/mol. The molecule has 4 heteroatoms. The van der Waals surface area contributed by atoms with Gasteiger partial charge in [0, 0.05) is 22.6 Å². The Labute approximate surface area is 100 Å². The van der Waals surface area contributed by atoms with Crippen molar-refractivity contribution in [3.8, 4) is 0 Å². The normalized spacial score (nSPS) is 8.33. The third kappa shape index (κ3) is 3.90. The van der Waals surface area contributed by atoms with Gasteiger partial charge in [0.05, 0.1) is 0 Å². The summed E-state index contributed by atoms with van der Waals surface area (Å²) < 4.78 is 1.92. The maximum atomic E-state index is 5.50. The number of benzene rings is 1. The fourth-order valence-electron chi connectivity index (χ4n) is 1.23. The van der Waals surface area contributed by atoms with Gasteiger partial charge in [-0.2, -0.15) is 0 Å². The minimum Gasteiger partial charge on any atom is -0.361 e. The second-order valence-electron chi connectivity index (χ2n) is 2.69. The second-order valence-corrected chi connectivity index (χ2v) is 3.35. The van der Waals surface area contributed by atoms with Crippen LogP contribution in [0.15, 0.2) is 30.5 Å². The fraction of sp³-hybridized carbons (Fsp3) is 0.182. The molecular formula is C11H14N2S2. The molecule has 0 atom stereocenters. The summed E-state index contributed by atoms with van der Waals surface area (Å²) in [6, 6.07) is 8.25. The Kier molecular flexibility index (Phi) is 6.75. The first kappa shape index (κ1) is 13.9. The van der Waals surface area contributed by atoms with Crippen molar-refractivity contribution in [2.75, 3.05) is 0 Å². The van der Waals surface area contributed by atoms with Crippen LogP contribution in [0.1, 0.15) is 13.0 Å². The Morgan fingerprint density at radius 1 is 1.27 bits per heavy atom. The van der Waals surface area contributed by atoms with Crippen LogP contribution in [0.5, 0.6) is 0 Å². The van der Waals surface area contributed by atoms with Crippen molar-refractivity contribution in [1.82, 2.24) is 4.98 Å². The lowest BCUT2D eigenvalue weighted by atomic mass is 10.1. The van der Waals surface area contributed by atoms with Gasteiger partial charge in [-0.3, -0.25) is 0 Å². The fourth-order valence-corrected chi connectivity index (χ4v) is 1.23. The molecule has 80 valence electrons. The van der Waals surface area contributed by atoms with Crippen LogP contribution in [0.25, 0.3) is 10.9 Å². The summed E-state index contributed by atoms with van der Waals surface area (Å²) in [5.41, 5.74) is 7.85. The Morgan fingerprint density at radius 2 is 1.93 bits per heavy atom. The van der Waals surface area contributed by atoms with E-state index in [1.165, 1.54) is 16.5 Å². The number of hydrogen-bond donors (Lipinski definition) is 2. The molecule has 0 aliphatic carbocycles. The van der Waals surface area contributed by atoms with Gasteiger partial charge in [0.2, 0.25) is 0 Å². The van der Waals surface area contributed by atoms with E-state index in [0.29, 0.717) is 6.54 Å². The highest BCUT2D eigenvalue weighted by Gasteiger charge is 1.93. The van der Waals surface area contributed by atoms with Gasteiger partial charge in [-0.15, -0.1) is 0 Å². The summed E-state index contributed by atoms with van der Waals surface area (Å²) in [5.74, 6) is 0. The lowest BCUT2D eigenvalue weighted by Crippen LogP contribution is -1.94. The van der Waals surface area contributed by atoms with Crippen LogP contribution < -0.4 is 5.73 Å². The molecule has 0 saturated heterocycles.